The Kier molecular flexibility index (Phi) is 16.0. The Bertz CT molecular complexity index is 642. The van der Waals surface area contributed by atoms with E-state index in [-0.39, 0.29) is 24.8 Å². The maximum atomic E-state index is 11.5. The fourth-order valence-corrected chi connectivity index (χ4v) is 2.25. The fraction of sp³-hybridized carbons (Fsp3) is 0.545. The number of fused-ring (bicyclic) bond motifs is 9. The molecule has 0 amide bonds. The molecule has 2 heterocycles. The number of esters is 2. The van der Waals surface area contributed by atoms with Crippen molar-refractivity contribution in [3.05, 3.63) is 35.4 Å². The second-order valence-corrected chi connectivity index (χ2v) is 6.82. The number of aliphatic carboxylic acids is 2. The average Bonchev–Trinajstić information content (AvgIpc) is 2.73. The van der Waals surface area contributed by atoms with Gasteiger partial charge in [-0.1, -0.05) is 13.3 Å². The van der Waals surface area contributed by atoms with Gasteiger partial charge < -0.3 is 29.9 Å². The van der Waals surface area contributed by atoms with E-state index in [4.69, 9.17) is 29.9 Å². The number of carbonyl (C=O) groups excluding carboxylic acids is 2. The number of rotatable bonds is 7. The van der Waals surface area contributed by atoms with Gasteiger partial charge in [-0.25, -0.2) is 9.59 Å². The van der Waals surface area contributed by atoms with E-state index in [0.717, 1.165) is 6.42 Å². The number of ether oxygens (including phenoxy) is 2. The minimum Gasteiger partial charge on any atom is -0.481 e. The molecule has 0 unspecified atom stereocenters. The first-order chi connectivity index (χ1) is 15.2. The molecule has 1 aromatic carbocycles. The summed E-state index contributed by atoms with van der Waals surface area (Å²) in [4.78, 5) is 42.8. The van der Waals surface area contributed by atoms with E-state index in [1.54, 1.807) is 24.3 Å². The van der Waals surface area contributed by atoms with Gasteiger partial charge in [-0.3, -0.25) is 9.59 Å². The Balaban J connectivity index is 0.000000516. The van der Waals surface area contributed by atoms with Crippen LogP contribution in [0.5, 0.6) is 0 Å². The number of aliphatic hydroxyl groups is 2. The Morgan fingerprint density at radius 1 is 0.844 bits per heavy atom. The van der Waals surface area contributed by atoms with Gasteiger partial charge in [-0.15, -0.1) is 0 Å². The van der Waals surface area contributed by atoms with E-state index in [2.05, 4.69) is 0 Å². The van der Waals surface area contributed by atoms with Gasteiger partial charge in [0.15, 0.2) is 6.29 Å². The van der Waals surface area contributed by atoms with E-state index in [1.807, 2.05) is 6.92 Å². The summed E-state index contributed by atoms with van der Waals surface area (Å²) >= 11 is 0. The van der Waals surface area contributed by atoms with Crippen molar-refractivity contribution in [2.75, 3.05) is 13.2 Å². The predicted molar refractivity (Wildman–Crippen MR) is 113 cm³/mol. The van der Waals surface area contributed by atoms with E-state index in [1.165, 1.54) is 0 Å². The van der Waals surface area contributed by atoms with Crippen molar-refractivity contribution in [1.82, 2.24) is 0 Å². The minimum absolute atomic E-state index is 0.0628. The first kappa shape index (κ1) is 29.0. The molecule has 0 spiro atoms. The van der Waals surface area contributed by atoms with Crippen LogP contribution in [0.25, 0.3) is 0 Å². The van der Waals surface area contributed by atoms with Gasteiger partial charge in [0, 0.05) is 12.8 Å². The third kappa shape index (κ3) is 15.8. The van der Waals surface area contributed by atoms with Gasteiger partial charge >= 0.3 is 23.9 Å². The lowest BCUT2D eigenvalue weighted by Crippen LogP contribution is -2.12. The molecule has 4 N–H and O–H groups in total. The first-order valence-electron chi connectivity index (χ1n) is 10.4. The van der Waals surface area contributed by atoms with Gasteiger partial charge in [-0.05, 0) is 56.4 Å². The molecule has 0 aliphatic carbocycles. The van der Waals surface area contributed by atoms with Crippen LogP contribution in [-0.4, -0.2) is 63.8 Å². The Hall–Kier alpha value is -2.98. The van der Waals surface area contributed by atoms with Crippen LogP contribution >= 0.6 is 0 Å². The molecule has 0 atom stereocenters. The lowest BCUT2D eigenvalue weighted by molar-refractivity contribution is -0.139. The van der Waals surface area contributed by atoms with Crippen LogP contribution in [0.4, 0.5) is 0 Å². The molecular formula is C22H32O10. The zero-order valence-corrected chi connectivity index (χ0v) is 18.2. The molecule has 0 fully saturated rings. The highest BCUT2D eigenvalue weighted by Gasteiger charge is 2.12. The number of hydrogen-bond acceptors (Lipinski definition) is 8. The van der Waals surface area contributed by atoms with Crippen LogP contribution in [0.15, 0.2) is 24.3 Å². The average molecular weight is 456 g/mol. The van der Waals surface area contributed by atoms with Crippen molar-refractivity contribution in [1.29, 1.82) is 0 Å². The minimum atomic E-state index is -1.10. The van der Waals surface area contributed by atoms with E-state index >= 15 is 0 Å². The summed E-state index contributed by atoms with van der Waals surface area (Å²) in [6, 6.07) is 6.28. The number of hydrogen-bond donors (Lipinski definition) is 4. The van der Waals surface area contributed by atoms with E-state index < -0.39 is 18.2 Å². The molecule has 2 aliphatic heterocycles. The van der Waals surface area contributed by atoms with Crippen LogP contribution in [0.1, 0.15) is 79.0 Å². The van der Waals surface area contributed by atoms with Crippen molar-refractivity contribution in [2.45, 2.75) is 64.6 Å². The second-order valence-electron chi connectivity index (χ2n) is 6.82. The van der Waals surface area contributed by atoms with E-state index in [0.29, 0.717) is 56.4 Å². The normalized spacial score (nSPS) is 13.2. The topological polar surface area (TPSA) is 168 Å². The molecule has 2 aliphatic rings. The fourth-order valence-electron chi connectivity index (χ4n) is 2.25. The monoisotopic (exact) mass is 456 g/mol. The van der Waals surface area contributed by atoms with Crippen LogP contribution in [0.3, 0.4) is 0 Å². The number of unbranched alkanes of at least 4 members (excludes halogenated alkanes) is 1. The van der Waals surface area contributed by atoms with Crippen molar-refractivity contribution in [3.8, 4) is 0 Å². The molecule has 3 rings (SSSR count). The number of carboxylic acids is 2. The van der Waals surface area contributed by atoms with Crippen molar-refractivity contribution in [2.24, 2.45) is 0 Å². The Morgan fingerprint density at radius 3 is 1.47 bits per heavy atom. The zero-order chi connectivity index (χ0) is 24.4. The SMILES string of the molecule is CCCC(O)O.O=C(O)CCCCC(=O)O.O=C1OCCCCOC(=O)c2ccc1cc2. The molecule has 180 valence electrons. The maximum Gasteiger partial charge on any atom is 0.338 e. The van der Waals surface area contributed by atoms with Crippen LogP contribution in [-0.2, 0) is 19.1 Å². The summed E-state index contributed by atoms with van der Waals surface area (Å²) in [5, 5.41) is 32.5. The predicted octanol–water partition coefficient (Wildman–Crippen LogP) is 2.61. The highest BCUT2D eigenvalue weighted by Crippen LogP contribution is 2.09. The summed E-state index contributed by atoms with van der Waals surface area (Å²) in [5.41, 5.74) is 0.911. The molecular weight excluding hydrogens is 424 g/mol. The molecule has 0 saturated carbocycles. The summed E-state index contributed by atoms with van der Waals surface area (Å²) < 4.78 is 10.1. The molecule has 0 radical (unpaired) electrons. The maximum absolute atomic E-state index is 11.5. The molecule has 2 bridgehead atoms. The highest BCUT2D eigenvalue weighted by atomic mass is 16.5. The molecule has 10 nitrogen and oxygen atoms in total. The largest absolute Gasteiger partial charge is 0.481 e. The Morgan fingerprint density at radius 2 is 1.22 bits per heavy atom. The number of aliphatic hydroxyl groups excluding tert-OH is 1. The van der Waals surface area contributed by atoms with Crippen molar-refractivity contribution < 1.29 is 49.1 Å². The molecule has 1 aromatic rings. The zero-order valence-electron chi connectivity index (χ0n) is 18.2. The van der Waals surface area contributed by atoms with Crippen molar-refractivity contribution >= 4 is 23.9 Å². The Labute approximate surface area is 186 Å². The number of benzene rings is 1. The van der Waals surface area contributed by atoms with E-state index in [9.17, 15) is 19.2 Å². The lowest BCUT2D eigenvalue weighted by Gasteiger charge is -2.09. The lowest BCUT2D eigenvalue weighted by atomic mass is 10.1. The summed E-state index contributed by atoms with van der Waals surface area (Å²) in [5.74, 6) is -2.43. The molecule has 0 aromatic heterocycles. The third-order valence-electron chi connectivity index (χ3n) is 3.94. The van der Waals surface area contributed by atoms with Crippen molar-refractivity contribution in [3.63, 3.8) is 0 Å². The number of carboxylic acid groups (broad SMARTS) is 2. The molecule has 0 saturated heterocycles. The first-order valence-corrected chi connectivity index (χ1v) is 10.4. The molecule has 32 heavy (non-hydrogen) atoms. The van der Waals surface area contributed by atoms with Gasteiger partial charge in [-0.2, -0.15) is 0 Å². The quantitative estimate of drug-likeness (QED) is 0.272. The van der Waals surface area contributed by atoms with Gasteiger partial charge in [0.2, 0.25) is 0 Å². The summed E-state index contributed by atoms with van der Waals surface area (Å²) in [6.07, 6.45) is 2.64. The molecule has 10 heteroatoms. The van der Waals surface area contributed by atoms with Crippen LogP contribution in [0, 0.1) is 0 Å². The van der Waals surface area contributed by atoms with Gasteiger partial charge in [0.05, 0.1) is 24.3 Å². The van der Waals surface area contributed by atoms with Gasteiger partial charge in [0.1, 0.15) is 0 Å². The third-order valence-corrected chi connectivity index (χ3v) is 3.94. The summed E-state index contributed by atoms with van der Waals surface area (Å²) in [7, 11) is 0. The van der Waals surface area contributed by atoms with Crippen LogP contribution in [0.2, 0.25) is 0 Å². The van der Waals surface area contributed by atoms with Crippen LogP contribution < -0.4 is 0 Å². The highest BCUT2D eigenvalue weighted by molar-refractivity contribution is 5.93. The standard InChI is InChI=1S/C12H12O4.C6H10O4.C4H10O2/c13-11-9-3-5-10(6-4-9)12(14)16-8-2-1-7-15-11;7-5(8)3-1-2-4-6(9)10;1-2-3-4(5)6/h3-6H,1-2,7-8H2;1-4H2,(H,7,8)(H,9,10);4-6H,2-3H2,1H3. The smallest absolute Gasteiger partial charge is 0.338 e. The number of carbonyl (C=O) groups is 4. The second kappa shape index (κ2) is 17.7. The van der Waals surface area contributed by atoms with Gasteiger partial charge in [0.25, 0.3) is 0 Å². The summed E-state index contributed by atoms with van der Waals surface area (Å²) in [6.45, 7) is 2.62.